The van der Waals surface area contributed by atoms with Crippen LogP contribution in [-0.4, -0.2) is 37.7 Å². The summed E-state index contributed by atoms with van der Waals surface area (Å²) in [4.78, 5) is 2.23. The Morgan fingerprint density at radius 3 is 2.09 bits per heavy atom. The molecule has 0 aromatic heterocycles. The van der Waals surface area contributed by atoms with Gasteiger partial charge in [-0.3, -0.25) is 0 Å². The number of nitrogens with zero attached hydrogens (tertiary/aromatic N) is 4. The van der Waals surface area contributed by atoms with Gasteiger partial charge in [0, 0.05) is 29.5 Å². The third-order valence-corrected chi connectivity index (χ3v) is 8.92. The standard InChI is InChI=1S/C16H24N4O3/c1-14(2)15(3)10-11(16(14,4)20(23)19(15)22)13-9-7-5-6-8(9)12(10)17-18(13)21/h8-13H,5-7H2,1-4H3/t8?,9-,10-,11?,12+,13?,15+,16?/m0/s1. The second-order valence-electron chi connectivity index (χ2n) is 9.18. The van der Waals surface area contributed by atoms with Gasteiger partial charge in [0.05, 0.1) is 5.92 Å². The normalized spacial score (nSPS) is 58.3. The van der Waals surface area contributed by atoms with E-state index in [9.17, 15) is 15.6 Å². The highest BCUT2D eigenvalue weighted by atomic mass is 16.6. The first-order valence-corrected chi connectivity index (χ1v) is 8.81. The average molecular weight is 320 g/mol. The molecule has 23 heavy (non-hydrogen) atoms. The lowest BCUT2D eigenvalue weighted by atomic mass is 9.58. The lowest BCUT2D eigenvalue weighted by Crippen LogP contribution is -2.67. The molecule has 7 nitrogen and oxygen atoms in total. The number of rotatable bonds is 0. The van der Waals surface area contributed by atoms with Gasteiger partial charge in [-0.25, -0.2) is 0 Å². The van der Waals surface area contributed by atoms with Crippen molar-refractivity contribution in [2.45, 2.75) is 70.1 Å². The van der Waals surface area contributed by atoms with Crippen LogP contribution < -0.4 is 0 Å². The summed E-state index contributed by atoms with van der Waals surface area (Å²) in [7, 11) is 0. The Kier molecular flexibility index (Phi) is 2.12. The van der Waals surface area contributed by atoms with E-state index < -0.39 is 16.5 Å². The molecule has 0 saturated heterocycles. The van der Waals surface area contributed by atoms with Crippen LogP contribution in [0.15, 0.2) is 5.11 Å². The highest BCUT2D eigenvalue weighted by molar-refractivity contribution is 5.26. The van der Waals surface area contributed by atoms with E-state index in [1.54, 1.807) is 0 Å². The van der Waals surface area contributed by atoms with Crippen molar-refractivity contribution in [3.63, 3.8) is 0 Å². The third-order valence-electron chi connectivity index (χ3n) is 8.92. The van der Waals surface area contributed by atoms with Crippen molar-refractivity contribution in [1.29, 1.82) is 0 Å². The van der Waals surface area contributed by atoms with Gasteiger partial charge in [-0.05, 0) is 37.7 Å². The first-order valence-electron chi connectivity index (χ1n) is 8.81. The number of fused-ring (bicyclic) bond motifs is 2. The Bertz CT molecular complexity index is 689. The highest BCUT2D eigenvalue weighted by Gasteiger charge is 2.93. The fourth-order valence-electron chi connectivity index (χ4n) is 7.31. The molecule has 6 aliphatic rings. The van der Waals surface area contributed by atoms with Crippen molar-refractivity contribution in [3.8, 4) is 0 Å². The second kappa shape index (κ2) is 3.49. The van der Waals surface area contributed by atoms with E-state index in [1.165, 1.54) is 0 Å². The molecule has 3 heterocycles. The van der Waals surface area contributed by atoms with Gasteiger partial charge in [0.2, 0.25) is 6.04 Å². The molecule has 0 radical (unpaired) electrons. The van der Waals surface area contributed by atoms with Gasteiger partial charge in [-0.1, -0.05) is 11.3 Å². The summed E-state index contributed by atoms with van der Waals surface area (Å²) < 4.78 is 0. The molecule has 3 fully saturated rings. The van der Waals surface area contributed by atoms with Crippen LogP contribution in [-0.2, 0) is 0 Å². The molecular weight excluding hydrogens is 296 g/mol. The molecule has 3 saturated carbocycles. The zero-order valence-electron chi connectivity index (χ0n) is 14.1. The zero-order valence-corrected chi connectivity index (χ0v) is 14.1. The van der Waals surface area contributed by atoms with Crippen molar-refractivity contribution in [1.82, 2.24) is 0 Å². The maximum absolute atomic E-state index is 12.8. The monoisotopic (exact) mass is 320 g/mol. The number of hydrogen-bond acceptors (Lipinski definition) is 4. The van der Waals surface area contributed by atoms with Crippen molar-refractivity contribution < 1.29 is 14.6 Å². The maximum Gasteiger partial charge on any atom is 0.257 e. The molecule has 0 aromatic carbocycles. The van der Waals surface area contributed by atoms with Crippen LogP contribution in [0.3, 0.4) is 0 Å². The number of hydroxylamine groups is 3. The van der Waals surface area contributed by atoms with E-state index in [1.807, 2.05) is 27.7 Å². The van der Waals surface area contributed by atoms with Crippen molar-refractivity contribution >= 4 is 0 Å². The topological polar surface area (TPSA) is 90.6 Å². The fraction of sp³-hybridized carbons (Fsp3) is 1.00. The molecule has 8 atom stereocenters. The van der Waals surface area contributed by atoms with Crippen LogP contribution in [0, 0.1) is 44.7 Å². The molecule has 7 heteroatoms. The van der Waals surface area contributed by atoms with Gasteiger partial charge >= 0.3 is 0 Å². The van der Waals surface area contributed by atoms with E-state index in [-0.39, 0.29) is 23.9 Å². The summed E-state index contributed by atoms with van der Waals surface area (Å²) in [5.41, 5.74) is -2.13. The van der Waals surface area contributed by atoms with Gasteiger partial charge < -0.3 is 15.6 Å². The Morgan fingerprint density at radius 2 is 1.43 bits per heavy atom. The molecule has 4 bridgehead atoms. The zero-order chi connectivity index (χ0) is 16.5. The van der Waals surface area contributed by atoms with E-state index in [4.69, 9.17) is 0 Å². The molecule has 3 aliphatic carbocycles. The first-order chi connectivity index (χ1) is 10.7. The minimum atomic E-state index is -0.844. The van der Waals surface area contributed by atoms with Crippen molar-refractivity contribution in [2.24, 2.45) is 34.2 Å². The first kappa shape index (κ1) is 14.0. The molecule has 0 spiro atoms. The van der Waals surface area contributed by atoms with Crippen LogP contribution in [0.1, 0.15) is 47.0 Å². The van der Waals surface area contributed by atoms with Crippen LogP contribution in [0.25, 0.3) is 0 Å². The Morgan fingerprint density at radius 1 is 0.870 bits per heavy atom. The average Bonchev–Trinajstić information content (AvgIpc) is 3.07. The van der Waals surface area contributed by atoms with Crippen LogP contribution >= 0.6 is 0 Å². The van der Waals surface area contributed by atoms with Gasteiger partial charge in [-0.2, -0.15) is 0 Å². The lowest BCUT2D eigenvalue weighted by molar-refractivity contribution is -1.01. The Hall–Kier alpha value is -1.40. The second-order valence-corrected chi connectivity index (χ2v) is 9.18. The predicted molar refractivity (Wildman–Crippen MR) is 79.3 cm³/mol. The van der Waals surface area contributed by atoms with Gasteiger partial charge in [0.15, 0.2) is 0 Å². The summed E-state index contributed by atoms with van der Waals surface area (Å²) in [5, 5.41) is 42.7. The van der Waals surface area contributed by atoms with Crippen LogP contribution in [0.2, 0.25) is 0 Å². The van der Waals surface area contributed by atoms with Gasteiger partial charge in [-0.15, -0.1) is 0 Å². The fourth-order valence-corrected chi connectivity index (χ4v) is 7.31. The van der Waals surface area contributed by atoms with Crippen LogP contribution in [0.5, 0.6) is 0 Å². The molecule has 126 valence electrons. The SMILES string of the molecule is CC12C3C4[C@H]5CCCC5[C@@H](N=[N+]4[O-])[C@H]3[C@@](C)([N+]([O-])=[N+]1[O-])C2(C)C. The Labute approximate surface area is 135 Å². The minimum absolute atomic E-state index is 0.000231. The number of azo groups is 2. The van der Waals surface area contributed by atoms with Crippen molar-refractivity contribution in [3.05, 3.63) is 15.6 Å². The van der Waals surface area contributed by atoms with Gasteiger partial charge in [0.1, 0.15) is 17.4 Å². The molecule has 0 amide bonds. The molecule has 6 rings (SSSR count). The number of hydrogen-bond donors (Lipinski definition) is 0. The predicted octanol–water partition coefficient (Wildman–Crippen LogP) is 2.41. The molecule has 3 aliphatic heterocycles. The largest absolute Gasteiger partial charge is 0.600 e. The van der Waals surface area contributed by atoms with E-state index >= 15 is 0 Å². The Balaban J connectivity index is 1.79. The molecular formula is C16H24N4O3. The smallest absolute Gasteiger partial charge is 0.257 e. The van der Waals surface area contributed by atoms with Gasteiger partial charge in [0.25, 0.3) is 11.1 Å². The molecule has 0 aromatic rings. The molecule has 4 unspecified atom stereocenters. The summed E-state index contributed by atoms with van der Waals surface area (Å²) in [6.07, 6.45) is 3.28. The third kappa shape index (κ3) is 1.04. The minimum Gasteiger partial charge on any atom is -0.600 e. The summed E-state index contributed by atoms with van der Waals surface area (Å²) in [6, 6.07) is -0.347. The maximum atomic E-state index is 12.8. The van der Waals surface area contributed by atoms with Crippen LogP contribution in [0.4, 0.5) is 0 Å². The lowest BCUT2D eigenvalue weighted by Gasteiger charge is -2.49. The summed E-state index contributed by atoms with van der Waals surface area (Å²) in [5.74, 6) is 0.667. The summed E-state index contributed by atoms with van der Waals surface area (Å²) >= 11 is 0. The quantitative estimate of drug-likeness (QED) is 0.507. The van der Waals surface area contributed by atoms with Crippen molar-refractivity contribution in [2.75, 3.05) is 0 Å². The summed E-state index contributed by atoms with van der Waals surface area (Å²) in [6.45, 7) is 7.88. The van der Waals surface area contributed by atoms with E-state index in [2.05, 4.69) is 5.11 Å². The molecule has 0 N–H and O–H groups in total. The highest BCUT2D eigenvalue weighted by Crippen LogP contribution is 2.72. The van der Waals surface area contributed by atoms with E-state index in [0.29, 0.717) is 21.6 Å². The van der Waals surface area contributed by atoms with E-state index in [0.717, 1.165) is 24.1 Å².